The Bertz CT molecular complexity index is 621. The van der Waals surface area contributed by atoms with Gasteiger partial charge in [0.05, 0.1) is 0 Å². The van der Waals surface area contributed by atoms with E-state index in [1.807, 2.05) is 0 Å². The number of carboxylic acids is 1. The number of carbonyl (C=O) groups is 1. The highest BCUT2D eigenvalue weighted by molar-refractivity contribution is 14.1. The highest BCUT2D eigenvalue weighted by atomic mass is 127. The van der Waals surface area contributed by atoms with Gasteiger partial charge in [0, 0.05) is 15.1 Å². The quantitative estimate of drug-likeness (QED) is 0.425. The van der Waals surface area contributed by atoms with Gasteiger partial charge in [0.15, 0.2) is 0 Å². The lowest BCUT2D eigenvalue weighted by Gasteiger charge is -2.22. The number of benzene rings is 1. The van der Waals surface area contributed by atoms with E-state index in [9.17, 15) is 14.3 Å². The van der Waals surface area contributed by atoms with Crippen LogP contribution in [0.25, 0.3) is 0 Å². The molecular formula is C17H18FIO2. The lowest BCUT2D eigenvalue weighted by molar-refractivity contribution is -0.133. The zero-order valence-corrected chi connectivity index (χ0v) is 14.2. The summed E-state index contributed by atoms with van der Waals surface area (Å²) in [5.41, 5.74) is 1.80. The molecule has 2 nitrogen and oxygen atoms in total. The average molecular weight is 400 g/mol. The summed E-state index contributed by atoms with van der Waals surface area (Å²) in [6.07, 6.45) is 2.73. The Morgan fingerprint density at radius 3 is 2.67 bits per heavy atom. The monoisotopic (exact) mass is 400 g/mol. The smallest absolute Gasteiger partial charge is 0.331 e. The van der Waals surface area contributed by atoms with Crippen LogP contribution in [0.15, 0.2) is 42.0 Å². The van der Waals surface area contributed by atoms with Crippen molar-refractivity contribution in [2.24, 2.45) is 11.8 Å². The molecule has 1 aliphatic rings. The minimum atomic E-state index is -1.07. The van der Waals surface area contributed by atoms with Crippen LogP contribution in [-0.4, -0.2) is 11.1 Å². The molecule has 4 heteroatoms. The molecule has 2 unspecified atom stereocenters. The van der Waals surface area contributed by atoms with Gasteiger partial charge >= 0.3 is 5.97 Å². The number of rotatable bonds is 6. The Morgan fingerprint density at radius 2 is 2.14 bits per heavy atom. The maximum absolute atomic E-state index is 14.1. The van der Waals surface area contributed by atoms with Gasteiger partial charge in [-0.2, -0.15) is 0 Å². The lowest BCUT2D eigenvalue weighted by Crippen LogP contribution is -2.15. The Balaban J connectivity index is 2.31. The van der Waals surface area contributed by atoms with E-state index in [1.54, 1.807) is 12.1 Å². The van der Waals surface area contributed by atoms with E-state index in [-0.39, 0.29) is 17.3 Å². The molecule has 3 atom stereocenters. The molecule has 0 radical (unpaired) electrons. The summed E-state index contributed by atoms with van der Waals surface area (Å²) < 4.78 is 15.0. The van der Waals surface area contributed by atoms with Gasteiger partial charge in [0.2, 0.25) is 0 Å². The summed E-state index contributed by atoms with van der Waals surface area (Å²) in [4.78, 5) is 11.3. The van der Waals surface area contributed by atoms with E-state index >= 15 is 0 Å². The third-order valence-corrected chi connectivity index (χ3v) is 4.72. The van der Waals surface area contributed by atoms with E-state index in [1.165, 1.54) is 11.6 Å². The first kappa shape index (κ1) is 16.2. The fourth-order valence-corrected chi connectivity index (χ4v) is 3.25. The molecule has 2 rings (SSSR count). The van der Waals surface area contributed by atoms with Crippen LogP contribution in [0.2, 0.25) is 0 Å². The molecule has 0 spiro atoms. The third-order valence-electron chi connectivity index (χ3n) is 4.05. The highest BCUT2D eigenvalue weighted by Crippen LogP contribution is 2.41. The molecule has 0 saturated carbocycles. The van der Waals surface area contributed by atoms with Crippen molar-refractivity contribution >= 4 is 28.6 Å². The van der Waals surface area contributed by atoms with E-state index in [0.29, 0.717) is 17.9 Å². The molecule has 0 saturated heterocycles. The van der Waals surface area contributed by atoms with Crippen LogP contribution >= 0.6 is 22.6 Å². The van der Waals surface area contributed by atoms with Crippen LogP contribution in [0, 0.1) is 21.2 Å². The summed E-state index contributed by atoms with van der Waals surface area (Å²) in [5, 5.41) is 9.25. The first-order valence-electron chi connectivity index (χ1n) is 6.90. The molecule has 112 valence electrons. The van der Waals surface area contributed by atoms with Gasteiger partial charge in [-0.3, -0.25) is 0 Å². The zero-order chi connectivity index (χ0) is 15.7. The van der Waals surface area contributed by atoms with E-state index in [0.717, 1.165) is 3.57 Å². The second-order valence-electron chi connectivity index (χ2n) is 5.64. The maximum atomic E-state index is 14.1. The van der Waals surface area contributed by atoms with Crippen molar-refractivity contribution in [3.05, 3.63) is 57.0 Å². The van der Waals surface area contributed by atoms with Crippen LogP contribution in [0.3, 0.4) is 0 Å². The Morgan fingerprint density at radius 1 is 1.52 bits per heavy atom. The molecule has 0 aromatic heterocycles. The minimum Gasteiger partial charge on any atom is -0.478 e. The van der Waals surface area contributed by atoms with Crippen molar-refractivity contribution in [3.8, 4) is 0 Å². The molecule has 0 amide bonds. The SMILES string of the molecule is C=C(C(=O)O)C(CC(C)C1=C[C@H]1C)c1cc(I)ccc1F. The summed E-state index contributed by atoms with van der Waals surface area (Å²) in [5.74, 6) is -1.21. The number of halogens is 2. The zero-order valence-electron chi connectivity index (χ0n) is 12.1. The van der Waals surface area contributed by atoms with E-state index in [4.69, 9.17) is 0 Å². The molecule has 1 aromatic rings. The van der Waals surface area contributed by atoms with Crippen molar-refractivity contribution in [2.75, 3.05) is 0 Å². The topological polar surface area (TPSA) is 37.3 Å². The Kier molecular flexibility index (Phi) is 4.86. The van der Waals surface area contributed by atoms with Gasteiger partial charge in [-0.05, 0) is 64.6 Å². The Hall–Kier alpha value is -1.17. The first-order chi connectivity index (χ1) is 9.81. The number of allylic oxidation sites excluding steroid dienone is 2. The predicted molar refractivity (Wildman–Crippen MR) is 89.7 cm³/mol. The fraction of sp³-hybridized carbons (Fsp3) is 0.353. The third kappa shape index (κ3) is 3.73. The fourth-order valence-electron chi connectivity index (χ4n) is 2.73. The van der Waals surface area contributed by atoms with Crippen LogP contribution in [0.1, 0.15) is 31.7 Å². The van der Waals surface area contributed by atoms with Gasteiger partial charge in [-0.25, -0.2) is 9.18 Å². The van der Waals surface area contributed by atoms with Crippen molar-refractivity contribution in [1.82, 2.24) is 0 Å². The highest BCUT2D eigenvalue weighted by Gasteiger charge is 2.31. The van der Waals surface area contributed by atoms with E-state index < -0.39 is 11.9 Å². The number of aliphatic carboxylic acids is 1. The second kappa shape index (κ2) is 6.30. The number of carboxylic acid groups (broad SMARTS) is 1. The van der Waals surface area contributed by atoms with Crippen LogP contribution in [0.4, 0.5) is 4.39 Å². The van der Waals surface area contributed by atoms with Crippen LogP contribution in [0.5, 0.6) is 0 Å². The lowest BCUT2D eigenvalue weighted by atomic mass is 9.83. The van der Waals surface area contributed by atoms with Gasteiger partial charge in [0.1, 0.15) is 5.82 Å². The van der Waals surface area contributed by atoms with Crippen molar-refractivity contribution in [1.29, 1.82) is 0 Å². The molecule has 1 aromatic carbocycles. The molecule has 0 fully saturated rings. The predicted octanol–water partition coefficient (Wildman–Crippen LogP) is 4.76. The van der Waals surface area contributed by atoms with Crippen molar-refractivity contribution < 1.29 is 14.3 Å². The van der Waals surface area contributed by atoms with Gasteiger partial charge in [0.25, 0.3) is 0 Å². The first-order valence-corrected chi connectivity index (χ1v) is 7.97. The molecule has 0 aliphatic heterocycles. The standard InChI is InChI=1S/C17H18FIO2/c1-9-6-13(9)10(2)7-14(11(3)17(20)21)15-8-12(19)4-5-16(15)18/h4-6,8-10,14H,3,7H2,1-2H3,(H,20,21)/t9-,10?,14?/m1/s1. The average Bonchev–Trinajstić information content (AvgIpc) is 3.15. The van der Waals surface area contributed by atoms with Crippen molar-refractivity contribution in [2.45, 2.75) is 26.2 Å². The second-order valence-corrected chi connectivity index (χ2v) is 6.89. The van der Waals surface area contributed by atoms with Gasteiger partial charge < -0.3 is 5.11 Å². The molecule has 1 N–H and O–H groups in total. The molecule has 0 bridgehead atoms. The van der Waals surface area contributed by atoms with E-state index in [2.05, 4.69) is 49.1 Å². The summed E-state index contributed by atoms with van der Waals surface area (Å²) in [6.45, 7) is 7.83. The number of hydrogen-bond donors (Lipinski definition) is 1. The normalized spacial score (nSPS) is 19.6. The maximum Gasteiger partial charge on any atom is 0.331 e. The molecule has 0 heterocycles. The number of hydrogen-bond acceptors (Lipinski definition) is 1. The summed E-state index contributed by atoms with van der Waals surface area (Å²) in [7, 11) is 0. The van der Waals surface area contributed by atoms with Crippen LogP contribution < -0.4 is 0 Å². The van der Waals surface area contributed by atoms with Gasteiger partial charge in [-0.15, -0.1) is 0 Å². The minimum absolute atomic E-state index is 0.0525. The largest absolute Gasteiger partial charge is 0.478 e. The molecule has 1 aliphatic carbocycles. The summed E-state index contributed by atoms with van der Waals surface area (Å²) in [6, 6.07) is 4.78. The van der Waals surface area contributed by atoms with Crippen molar-refractivity contribution in [3.63, 3.8) is 0 Å². The molecular weight excluding hydrogens is 382 g/mol. The molecule has 21 heavy (non-hydrogen) atoms. The van der Waals surface area contributed by atoms with Crippen LogP contribution in [-0.2, 0) is 4.79 Å². The Labute approximate surface area is 137 Å². The van der Waals surface area contributed by atoms with Gasteiger partial charge in [-0.1, -0.05) is 32.1 Å². The summed E-state index contributed by atoms with van der Waals surface area (Å²) >= 11 is 2.10.